The summed E-state index contributed by atoms with van der Waals surface area (Å²) in [5.74, 6) is -0.696. The zero-order chi connectivity index (χ0) is 19.0. The first-order valence-electron chi connectivity index (χ1n) is 8.52. The third kappa shape index (κ3) is 3.17. The summed E-state index contributed by atoms with van der Waals surface area (Å²) in [4.78, 5) is 28.0. The minimum Gasteiger partial charge on any atom is -0.508 e. The molecule has 0 bridgehead atoms. The number of aromatic amines is 1. The minimum atomic E-state index is -0.904. The Balaban J connectivity index is 1.48. The van der Waals surface area contributed by atoms with Crippen LogP contribution in [0.4, 0.5) is 0 Å². The number of nitrogens with one attached hydrogen (secondary N) is 1. The molecule has 0 aliphatic heterocycles. The highest BCUT2D eigenvalue weighted by atomic mass is 16.5. The lowest BCUT2D eigenvalue weighted by Crippen LogP contribution is -2.25. The van der Waals surface area contributed by atoms with Crippen LogP contribution in [0.5, 0.6) is 5.75 Å². The standard InChI is InChI=1S/C21H17NO5/c1-12(21(25)17-10-22-18-5-3-2-4-16(17)18)27-20(24)8-13-11-26-19-9-14(23)6-7-15(13)19/h2-7,9-12,22-23H,8H2,1H3/t12-/m1/s1. The molecule has 0 aliphatic rings. The number of phenols is 1. The van der Waals surface area contributed by atoms with Crippen LogP contribution in [0.2, 0.25) is 0 Å². The first-order chi connectivity index (χ1) is 13.0. The molecule has 0 saturated heterocycles. The Kier molecular flexibility index (Phi) is 4.16. The summed E-state index contributed by atoms with van der Waals surface area (Å²) in [6.07, 6.45) is 2.16. The molecule has 0 radical (unpaired) electrons. The van der Waals surface area contributed by atoms with Crippen molar-refractivity contribution in [3.05, 3.63) is 66.1 Å². The van der Waals surface area contributed by atoms with Crippen molar-refractivity contribution in [2.45, 2.75) is 19.4 Å². The summed E-state index contributed by atoms with van der Waals surface area (Å²) in [6, 6.07) is 12.1. The van der Waals surface area contributed by atoms with Crippen LogP contribution in [0.15, 0.2) is 59.3 Å². The molecule has 4 aromatic rings. The molecule has 6 heteroatoms. The number of hydrogen-bond acceptors (Lipinski definition) is 5. The van der Waals surface area contributed by atoms with Gasteiger partial charge in [-0.1, -0.05) is 18.2 Å². The van der Waals surface area contributed by atoms with Crippen molar-refractivity contribution in [2.24, 2.45) is 0 Å². The van der Waals surface area contributed by atoms with E-state index in [1.54, 1.807) is 19.2 Å². The number of ketones is 1. The van der Waals surface area contributed by atoms with Crippen molar-refractivity contribution in [3.8, 4) is 5.75 Å². The Labute approximate surface area is 154 Å². The van der Waals surface area contributed by atoms with Crippen molar-refractivity contribution in [3.63, 3.8) is 0 Å². The van der Waals surface area contributed by atoms with E-state index >= 15 is 0 Å². The van der Waals surface area contributed by atoms with Gasteiger partial charge in [-0.3, -0.25) is 9.59 Å². The molecule has 4 rings (SSSR count). The molecule has 0 saturated carbocycles. The summed E-state index contributed by atoms with van der Waals surface area (Å²) < 4.78 is 10.7. The number of ether oxygens (including phenoxy) is 1. The Morgan fingerprint density at radius 2 is 2.00 bits per heavy atom. The molecule has 2 aromatic carbocycles. The molecule has 2 aromatic heterocycles. The average Bonchev–Trinajstić information content (AvgIpc) is 3.25. The van der Waals surface area contributed by atoms with Crippen LogP contribution in [0.25, 0.3) is 21.9 Å². The average molecular weight is 363 g/mol. The molecule has 0 spiro atoms. The van der Waals surface area contributed by atoms with E-state index in [1.165, 1.54) is 18.4 Å². The molecule has 136 valence electrons. The number of esters is 1. The molecule has 2 N–H and O–H groups in total. The van der Waals surface area contributed by atoms with E-state index in [4.69, 9.17) is 9.15 Å². The quantitative estimate of drug-likeness (QED) is 0.413. The lowest BCUT2D eigenvalue weighted by atomic mass is 10.1. The van der Waals surface area contributed by atoms with E-state index in [-0.39, 0.29) is 18.0 Å². The summed E-state index contributed by atoms with van der Waals surface area (Å²) >= 11 is 0. The molecule has 0 fully saturated rings. The summed E-state index contributed by atoms with van der Waals surface area (Å²) in [5, 5.41) is 11.0. The molecular weight excluding hydrogens is 346 g/mol. The first kappa shape index (κ1) is 16.9. The Hall–Kier alpha value is -3.54. The number of aromatic nitrogens is 1. The van der Waals surface area contributed by atoms with E-state index in [9.17, 15) is 14.7 Å². The third-order valence-corrected chi connectivity index (χ3v) is 4.51. The van der Waals surface area contributed by atoms with E-state index in [0.717, 1.165) is 16.3 Å². The van der Waals surface area contributed by atoms with E-state index in [2.05, 4.69) is 4.98 Å². The molecule has 6 nitrogen and oxygen atoms in total. The molecule has 27 heavy (non-hydrogen) atoms. The lowest BCUT2D eigenvalue weighted by molar-refractivity contribution is -0.145. The van der Waals surface area contributed by atoms with Gasteiger partial charge in [-0.05, 0) is 25.1 Å². The number of fused-ring (bicyclic) bond motifs is 2. The van der Waals surface area contributed by atoms with Gasteiger partial charge in [0, 0.05) is 39.7 Å². The maximum absolute atomic E-state index is 12.7. The second-order valence-electron chi connectivity index (χ2n) is 6.36. The fraction of sp³-hybridized carbons (Fsp3) is 0.143. The third-order valence-electron chi connectivity index (χ3n) is 4.51. The van der Waals surface area contributed by atoms with Gasteiger partial charge in [0.15, 0.2) is 6.10 Å². The highest BCUT2D eigenvalue weighted by Crippen LogP contribution is 2.26. The molecule has 0 aliphatic carbocycles. The van der Waals surface area contributed by atoms with Gasteiger partial charge in [0.25, 0.3) is 0 Å². The van der Waals surface area contributed by atoms with Crippen molar-refractivity contribution in [2.75, 3.05) is 0 Å². The van der Waals surface area contributed by atoms with Gasteiger partial charge < -0.3 is 19.2 Å². The van der Waals surface area contributed by atoms with Crippen LogP contribution in [-0.4, -0.2) is 27.9 Å². The predicted octanol–water partition coefficient (Wildman–Crippen LogP) is 3.98. The summed E-state index contributed by atoms with van der Waals surface area (Å²) in [6.45, 7) is 1.56. The lowest BCUT2D eigenvalue weighted by Gasteiger charge is -2.11. The molecule has 0 amide bonds. The normalized spacial score (nSPS) is 12.3. The molecule has 2 heterocycles. The molecule has 1 atom stereocenters. The fourth-order valence-corrected chi connectivity index (χ4v) is 3.15. The van der Waals surface area contributed by atoms with Gasteiger partial charge in [0.2, 0.25) is 5.78 Å². The number of benzene rings is 2. The summed E-state index contributed by atoms with van der Waals surface area (Å²) in [7, 11) is 0. The van der Waals surface area contributed by atoms with Gasteiger partial charge in [-0.15, -0.1) is 0 Å². The molecule has 0 unspecified atom stereocenters. The maximum Gasteiger partial charge on any atom is 0.311 e. The van der Waals surface area contributed by atoms with Gasteiger partial charge >= 0.3 is 5.97 Å². The SMILES string of the molecule is C[C@@H](OC(=O)Cc1coc2cc(O)ccc12)C(=O)c1c[nH]c2ccccc12. The Morgan fingerprint density at radius 3 is 2.85 bits per heavy atom. The second-order valence-corrected chi connectivity index (χ2v) is 6.36. The number of para-hydroxylation sites is 1. The highest BCUT2D eigenvalue weighted by molar-refractivity contribution is 6.10. The monoisotopic (exact) mass is 363 g/mol. The van der Waals surface area contributed by atoms with Gasteiger partial charge in [-0.2, -0.15) is 0 Å². The van der Waals surface area contributed by atoms with Crippen molar-refractivity contribution in [1.82, 2.24) is 4.98 Å². The zero-order valence-corrected chi connectivity index (χ0v) is 14.6. The Morgan fingerprint density at radius 1 is 1.19 bits per heavy atom. The number of carbonyl (C=O) groups excluding carboxylic acids is 2. The number of furan rings is 1. The largest absolute Gasteiger partial charge is 0.508 e. The number of H-pyrrole nitrogens is 1. The number of rotatable bonds is 5. The van der Waals surface area contributed by atoms with E-state index in [1.807, 2.05) is 24.3 Å². The van der Waals surface area contributed by atoms with Crippen molar-refractivity contribution < 1.29 is 23.8 Å². The number of carbonyl (C=O) groups is 2. The predicted molar refractivity (Wildman–Crippen MR) is 99.8 cm³/mol. The number of hydrogen-bond donors (Lipinski definition) is 2. The van der Waals surface area contributed by atoms with E-state index in [0.29, 0.717) is 16.7 Å². The number of phenolic OH excluding ortho intramolecular Hbond substituents is 1. The van der Waals surface area contributed by atoms with Crippen LogP contribution in [0.3, 0.4) is 0 Å². The second kappa shape index (κ2) is 6.64. The van der Waals surface area contributed by atoms with Gasteiger partial charge in [-0.25, -0.2) is 0 Å². The maximum atomic E-state index is 12.7. The van der Waals surface area contributed by atoms with Gasteiger partial charge in [0.05, 0.1) is 12.7 Å². The zero-order valence-electron chi connectivity index (χ0n) is 14.6. The topological polar surface area (TPSA) is 92.5 Å². The minimum absolute atomic E-state index is 0.0245. The van der Waals surface area contributed by atoms with Crippen LogP contribution in [0, 0.1) is 0 Å². The molecular formula is C21H17NO5. The Bertz CT molecular complexity index is 1150. The highest BCUT2D eigenvalue weighted by Gasteiger charge is 2.23. The van der Waals surface area contributed by atoms with Crippen molar-refractivity contribution in [1.29, 1.82) is 0 Å². The first-order valence-corrected chi connectivity index (χ1v) is 8.52. The fourth-order valence-electron chi connectivity index (χ4n) is 3.15. The number of Topliss-reactive ketones (excluding diaryl/α,β-unsaturated/α-hetero) is 1. The van der Waals surface area contributed by atoms with Crippen LogP contribution < -0.4 is 0 Å². The van der Waals surface area contributed by atoms with E-state index < -0.39 is 12.1 Å². The summed E-state index contributed by atoms with van der Waals surface area (Å²) in [5.41, 5.74) is 2.48. The smallest absolute Gasteiger partial charge is 0.311 e. The van der Waals surface area contributed by atoms with Crippen molar-refractivity contribution >= 4 is 33.6 Å². The number of aromatic hydroxyl groups is 1. The van der Waals surface area contributed by atoms with Gasteiger partial charge in [0.1, 0.15) is 11.3 Å². The van der Waals surface area contributed by atoms with Crippen LogP contribution >= 0.6 is 0 Å². The van der Waals surface area contributed by atoms with Crippen LogP contribution in [-0.2, 0) is 16.0 Å². The van der Waals surface area contributed by atoms with Crippen LogP contribution in [0.1, 0.15) is 22.8 Å².